The molecule has 0 amide bonds. The molecule has 0 aliphatic heterocycles. The summed E-state index contributed by atoms with van der Waals surface area (Å²) in [5, 5.41) is 0. The zero-order valence-corrected chi connectivity index (χ0v) is 35.1. The van der Waals surface area contributed by atoms with Crippen molar-refractivity contribution in [1.29, 1.82) is 0 Å². The molecule has 0 saturated heterocycles. The molecule has 2 atom stereocenters. The van der Waals surface area contributed by atoms with Gasteiger partial charge in [0.25, 0.3) is 0 Å². The molecule has 0 saturated carbocycles. The average Bonchev–Trinajstić information content (AvgIpc) is 3.24. The van der Waals surface area contributed by atoms with Gasteiger partial charge in [0, 0.05) is 0 Å². The first kappa shape index (κ1) is 48.5. The summed E-state index contributed by atoms with van der Waals surface area (Å²) in [6, 6.07) is 35.2. The lowest BCUT2D eigenvalue weighted by Crippen LogP contribution is -2.31. The molecule has 0 fully saturated rings. The van der Waals surface area contributed by atoms with Crippen molar-refractivity contribution < 1.29 is 35.8 Å². The molecule has 0 radical (unpaired) electrons. The van der Waals surface area contributed by atoms with Crippen LogP contribution in [0.15, 0.2) is 121 Å². The third kappa shape index (κ3) is 20.4. The molecule has 0 aliphatic rings. The van der Waals surface area contributed by atoms with Crippen LogP contribution in [0.1, 0.15) is 138 Å². The number of unbranched alkanes of at least 4 members (excludes halogenated alkanes) is 14. The smallest absolute Gasteiger partial charge is 0.364 e. The Bertz CT molecular complexity index is 1600. The number of rotatable bonds is 29. The van der Waals surface area contributed by atoms with E-state index in [-0.39, 0.29) is 26.1 Å². The van der Waals surface area contributed by atoms with Crippen molar-refractivity contribution in [2.75, 3.05) is 0 Å². The van der Waals surface area contributed by atoms with Crippen molar-refractivity contribution in [3.63, 3.8) is 0 Å². The number of allylic oxidation sites excluding steroid dienone is 2. The highest BCUT2D eigenvalue weighted by molar-refractivity contribution is 5.67. The second-order valence-corrected chi connectivity index (χ2v) is 15.8. The number of halogens is 6. The molecule has 2 nitrogen and oxygen atoms in total. The normalized spacial score (nSPS) is 13.4. The standard InChI is InChI=1S/C52H64F6O2/c53-51(54,55)49(59-41-45-27-19-15-20-28-45)31-23-13-9-5-1-3-7-11-17-25-43-33-37-47(38-34-43)48-39-35-44(36-40-48)26-18-12-8-4-2-6-10-14-24-32-50(52(56,57)58)60-42-46-29-21-16-22-30-46/h15-22,25-30,33-40,49-50H,1-14,23-24,31-32,41-42H2/b25-17+,26-18+/t49-,50-/m1/s1. The number of hydrogen-bond acceptors (Lipinski definition) is 2. The number of alkyl halides is 6. The van der Waals surface area contributed by atoms with E-state index in [1.165, 1.54) is 22.3 Å². The second kappa shape index (κ2) is 27.7. The predicted molar refractivity (Wildman–Crippen MR) is 235 cm³/mol. The highest BCUT2D eigenvalue weighted by atomic mass is 19.4. The molecule has 0 N–H and O–H groups in total. The molecule has 0 aromatic heterocycles. The summed E-state index contributed by atoms with van der Waals surface area (Å²) < 4.78 is 90.9. The van der Waals surface area contributed by atoms with Gasteiger partial charge in [-0.1, -0.05) is 211 Å². The van der Waals surface area contributed by atoms with E-state index in [4.69, 9.17) is 9.47 Å². The third-order valence-corrected chi connectivity index (χ3v) is 10.8. The summed E-state index contributed by atoms with van der Waals surface area (Å²) in [6.07, 6.45) is 12.0. The van der Waals surface area contributed by atoms with Gasteiger partial charge in [-0.05, 0) is 71.9 Å². The van der Waals surface area contributed by atoms with Crippen molar-refractivity contribution in [3.8, 4) is 11.1 Å². The van der Waals surface area contributed by atoms with Crippen LogP contribution in [0.5, 0.6) is 0 Å². The number of hydrogen-bond donors (Lipinski definition) is 0. The number of benzene rings is 4. The SMILES string of the molecule is FC(F)(F)[C@@H](CCCCCCCCC/C=C/c1ccc(-c2ccc(/C=C/CCCCCCCCC[C@@H](OCc3ccccc3)C(F)(F)F)cc2)cc1)OCc1ccccc1. The van der Waals surface area contributed by atoms with E-state index in [0.29, 0.717) is 12.8 Å². The lowest BCUT2D eigenvalue weighted by molar-refractivity contribution is -0.226. The number of ether oxygens (including phenoxy) is 2. The maximum absolute atomic E-state index is 13.4. The zero-order valence-electron chi connectivity index (χ0n) is 35.1. The van der Waals surface area contributed by atoms with Gasteiger partial charge in [-0.2, -0.15) is 26.3 Å². The fourth-order valence-corrected chi connectivity index (χ4v) is 7.19. The van der Waals surface area contributed by atoms with Gasteiger partial charge in [0.2, 0.25) is 0 Å². The molecule has 4 aromatic carbocycles. The lowest BCUT2D eigenvalue weighted by atomic mass is 10.0. The predicted octanol–water partition coefficient (Wildman–Crippen LogP) is 16.7. The topological polar surface area (TPSA) is 18.5 Å². The van der Waals surface area contributed by atoms with E-state index in [2.05, 4.69) is 72.8 Å². The van der Waals surface area contributed by atoms with Gasteiger partial charge in [0.05, 0.1) is 13.2 Å². The molecule has 60 heavy (non-hydrogen) atoms. The molecule has 0 aliphatic carbocycles. The van der Waals surface area contributed by atoms with Crippen molar-refractivity contribution in [1.82, 2.24) is 0 Å². The summed E-state index contributed by atoms with van der Waals surface area (Å²) in [4.78, 5) is 0. The molecule has 4 aromatic rings. The van der Waals surface area contributed by atoms with Crippen LogP contribution in [-0.4, -0.2) is 24.6 Å². The Morgan fingerprint density at radius 1 is 0.383 bits per heavy atom. The Kier molecular flexibility index (Phi) is 22.4. The minimum atomic E-state index is -4.34. The van der Waals surface area contributed by atoms with Crippen LogP contribution in [0.2, 0.25) is 0 Å². The maximum atomic E-state index is 13.4. The molecule has 0 bridgehead atoms. The van der Waals surface area contributed by atoms with E-state index in [1.54, 1.807) is 48.5 Å². The van der Waals surface area contributed by atoms with Gasteiger partial charge in [-0.25, -0.2) is 0 Å². The summed E-state index contributed by atoms with van der Waals surface area (Å²) >= 11 is 0. The van der Waals surface area contributed by atoms with Gasteiger partial charge in [0.15, 0.2) is 12.2 Å². The Balaban J connectivity index is 0.987. The molecule has 4 rings (SSSR count). The van der Waals surface area contributed by atoms with E-state index >= 15 is 0 Å². The van der Waals surface area contributed by atoms with E-state index in [1.807, 2.05) is 12.1 Å². The Labute approximate surface area is 355 Å². The summed E-state index contributed by atoms with van der Waals surface area (Å²) in [5.74, 6) is 0. The van der Waals surface area contributed by atoms with Crippen LogP contribution in [0.25, 0.3) is 23.3 Å². The molecule has 326 valence electrons. The molecule has 0 spiro atoms. The van der Waals surface area contributed by atoms with E-state index in [0.717, 1.165) is 101 Å². The van der Waals surface area contributed by atoms with Gasteiger partial charge in [0.1, 0.15) is 0 Å². The fraction of sp³-hybridized carbons (Fsp3) is 0.462. The minimum Gasteiger partial charge on any atom is -0.364 e. The summed E-state index contributed by atoms with van der Waals surface area (Å²) in [5.41, 5.74) is 6.19. The highest BCUT2D eigenvalue weighted by Gasteiger charge is 2.40. The monoisotopic (exact) mass is 834 g/mol. The van der Waals surface area contributed by atoms with E-state index in [9.17, 15) is 26.3 Å². The van der Waals surface area contributed by atoms with Crippen LogP contribution in [0.3, 0.4) is 0 Å². The van der Waals surface area contributed by atoms with Crippen molar-refractivity contribution in [2.45, 2.75) is 153 Å². The second-order valence-electron chi connectivity index (χ2n) is 15.8. The molecular formula is C52H64F6O2. The van der Waals surface area contributed by atoms with Gasteiger partial charge >= 0.3 is 12.4 Å². The summed E-state index contributed by atoms with van der Waals surface area (Å²) in [7, 11) is 0. The van der Waals surface area contributed by atoms with Crippen LogP contribution in [0.4, 0.5) is 26.3 Å². The lowest BCUT2D eigenvalue weighted by Gasteiger charge is -2.21. The van der Waals surface area contributed by atoms with Crippen molar-refractivity contribution >= 4 is 12.2 Å². The quantitative estimate of drug-likeness (QED) is 0.0401. The van der Waals surface area contributed by atoms with Crippen molar-refractivity contribution in [3.05, 3.63) is 144 Å². The maximum Gasteiger partial charge on any atom is 0.414 e. The largest absolute Gasteiger partial charge is 0.414 e. The Morgan fingerprint density at radius 2 is 0.700 bits per heavy atom. The van der Waals surface area contributed by atoms with Crippen molar-refractivity contribution in [2.24, 2.45) is 0 Å². The molecule has 0 heterocycles. The summed E-state index contributed by atoms with van der Waals surface area (Å²) in [6.45, 7) is -0.0415. The molecule has 8 heteroatoms. The first-order chi connectivity index (χ1) is 29.1. The van der Waals surface area contributed by atoms with E-state index < -0.39 is 24.6 Å². The average molecular weight is 835 g/mol. The van der Waals surface area contributed by atoms with Crippen LogP contribution in [-0.2, 0) is 22.7 Å². The zero-order chi connectivity index (χ0) is 42.7. The van der Waals surface area contributed by atoms with Gasteiger partial charge < -0.3 is 9.47 Å². The fourth-order valence-electron chi connectivity index (χ4n) is 7.19. The first-order valence-electron chi connectivity index (χ1n) is 22.1. The van der Waals surface area contributed by atoms with Gasteiger partial charge in [-0.15, -0.1) is 0 Å². The molecule has 0 unspecified atom stereocenters. The third-order valence-electron chi connectivity index (χ3n) is 10.8. The van der Waals surface area contributed by atoms with Crippen LogP contribution in [0, 0.1) is 0 Å². The minimum absolute atomic E-state index is 0.0122. The Hall–Kier alpha value is -4.14. The van der Waals surface area contributed by atoms with Gasteiger partial charge in [-0.3, -0.25) is 0 Å². The first-order valence-corrected chi connectivity index (χ1v) is 22.1. The molecular weight excluding hydrogens is 771 g/mol. The van der Waals surface area contributed by atoms with Crippen LogP contribution >= 0.6 is 0 Å². The van der Waals surface area contributed by atoms with Crippen LogP contribution < -0.4 is 0 Å². The highest BCUT2D eigenvalue weighted by Crippen LogP contribution is 2.30. The Morgan fingerprint density at radius 3 is 1.03 bits per heavy atom.